The second kappa shape index (κ2) is 10.00. The van der Waals surface area contributed by atoms with E-state index in [1.54, 1.807) is 24.3 Å². The maximum atomic E-state index is 14.2. The lowest BCUT2D eigenvalue weighted by Gasteiger charge is -2.16. The number of benzene rings is 2. The number of aromatic nitrogens is 6. The molecule has 0 saturated carbocycles. The van der Waals surface area contributed by atoms with Crippen LogP contribution in [0, 0.1) is 6.92 Å². The van der Waals surface area contributed by atoms with Crippen molar-refractivity contribution in [3.05, 3.63) is 97.9 Å². The van der Waals surface area contributed by atoms with Crippen LogP contribution < -0.4 is 16.0 Å². The van der Waals surface area contributed by atoms with E-state index in [2.05, 4.69) is 15.1 Å². The molecule has 0 radical (unpaired) electrons. The van der Waals surface area contributed by atoms with Gasteiger partial charge in [0.15, 0.2) is 5.65 Å². The van der Waals surface area contributed by atoms with Gasteiger partial charge < -0.3 is 9.84 Å². The number of ether oxygens (including phenoxy) is 1. The van der Waals surface area contributed by atoms with Crippen LogP contribution >= 0.6 is 11.6 Å². The molecule has 0 atom stereocenters. The fourth-order valence-corrected chi connectivity index (χ4v) is 4.30. The van der Waals surface area contributed by atoms with Crippen LogP contribution in [0.3, 0.4) is 0 Å². The van der Waals surface area contributed by atoms with Gasteiger partial charge in [-0.1, -0.05) is 53.6 Å². The molecule has 3 aromatic heterocycles. The van der Waals surface area contributed by atoms with Gasteiger partial charge in [-0.2, -0.15) is 4.52 Å². The lowest BCUT2D eigenvalue weighted by Crippen LogP contribution is -2.35. The van der Waals surface area contributed by atoms with Gasteiger partial charge in [0.2, 0.25) is 0 Å². The number of aliphatic hydroxyl groups excluding tert-OH is 1. The summed E-state index contributed by atoms with van der Waals surface area (Å²) in [6.07, 6.45) is 3.03. The predicted octanol–water partition coefficient (Wildman–Crippen LogP) is 2.79. The van der Waals surface area contributed by atoms with Gasteiger partial charge in [-0.15, -0.1) is 5.10 Å². The molecule has 1 N–H and O–H groups in total. The highest BCUT2D eigenvalue weighted by Crippen LogP contribution is 2.32. The highest BCUT2D eigenvalue weighted by atomic mass is 35.5. The molecule has 0 unspecified atom stereocenters. The van der Waals surface area contributed by atoms with Crippen molar-refractivity contribution in [2.75, 3.05) is 13.7 Å². The van der Waals surface area contributed by atoms with Crippen molar-refractivity contribution >= 4 is 17.2 Å². The van der Waals surface area contributed by atoms with Crippen molar-refractivity contribution in [2.45, 2.75) is 20.0 Å². The van der Waals surface area contributed by atoms with Gasteiger partial charge in [0.25, 0.3) is 5.56 Å². The highest BCUT2D eigenvalue weighted by Gasteiger charge is 2.25. The molecular weight excluding hydrogens is 496 g/mol. The lowest BCUT2D eigenvalue weighted by molar-refractivity contribution is 0.267. The Balaban J connectivity index is 1.90. The van der Waals surface area contributed by atoms with E-state index in [0.29, 0.717) is 27.3 Å². The first-order valence-electron chi connectivity index (χ1n) is 11.5. The van der Waals surface area contributed by atoms with Gasteiger partial charge >= 0.3 is 11.7 Å². The van der Waals surface area contributed by atoms with Crippen molar-refractivity contribution in [2.24, 2.45) is 0 Å². The van der Waals surface area contributed by atoms with Crippen molar-refractivity contribution in [1.29, 1.82) is 0 Å². The Kier molecular flexibility index (Phi) is 6.60. The first kappa shape index (κ1) is 24.4. The minimum atomic E-state index is -0.549. The number of hydrogen-bond donors (Lipinski definition) is 1. The number of aryl methyl sites for hydroxylation is 1. The second-order valence-electron chi connectivity index (χ2n) is 8.43. The highest BCUT2D eigenvalue weighted by molar-refractivity contribution is 6.30. The van der Waals surface area contributed by atoms with E-state index in [1.165, 1.54) is 28.7 Å². The molecule has 0 aliphatic heterocycles. The fraction of sp³-hybridized carbons (Fsp3) is 0.192. The molecule has 11 heteroatoms. The van der Waals surface area contributed by atoms with Crippen molar-refractivity contribution < 1.29 is 9.84 Å². The summed E-state index contributed by atoms with van der Waals surface area (Å²) < 4.78 is 8.84. The van der Waals surface area contributed by atoms with Gasteiger partial charge in [-0.3, -0.25) is 4.79 Å². The Morgan fingerprint density at radius 1 is 0.946 bits per heavy atom. The van der Waals surface area contributed by atoms with E-state index in [0.717, 1.165) is 15.8 Å². The van der Waals surface area contributed by atoms with Crippen molar-refractivity contribution in [3.8, 4) is 28.3 Å². The summed E-state index contributed by atoms with van der Waals surface area (Å²) in [5.41, 5.74) is 2.92. The van der Waals surface area contributed by atoms with Gasteiger partial charge in [0.1, 0.15) is 0 Å². The van der Waals surface area contributed by atoms with Crippen molar-refractivity contribution in [3.63, 3.8) is 0 Å². The number of hydrogen-bond acceptors (Lipinski definition) is 7. The van der Waals surface area contributed by atoms with Crippen LogP contribution in [0.25, 0.3) is 27.9 Å². The van der Waals surface area contributed by atoms with Gasteiger partial charge in [-0.25, -0.2) is 24.1 Å². The molecule has 2 aromatic carbocycles. The zero-order valence-electron chi connectivity index (χ0n) is 20.1. The Hall–Kier alpha value is -4.28. The normalized spacial score (nSPS) is 11.2. The molecule has 0 bridgehead atoms. The monoisotopic (exact) mass is 518 g/mol. The smallest absolute Gasteiger partial charge is 0.365 e. The molecule has 3 heterocycles. The van der Waals surface area contributed by atoms with Gasteiger partial charge in [-0.05, 0) is 30.2 Å². The largest absolute Gasteiger partial charge is 0.467 e. The third-order valence-corrected chi connectivity index (χ3v) is 6.23. The van der Waals surface area contributed by atoms with Crippen molar-refractivity contribution in [1.82, 2.24) is 28.9 Å². The number of aliphatic hydroxyl groups is 1. The molecule has 0 aliphatic rings. The minimum absolute atomic E-state index is 0.0337. The lowest BCUT2D eigenvalue weighted by atomic mass is 9.98. The number of halogens is 1. The van der Waals surface area contributed by atoms with Crippen LogP contribution in [0.5, 0.6) is 6.01 Å². The Morgan fingerprint density at radius 3 is 2.24 bits per heavy atom. The molecule has 10 nitrogen and oxygen atoms in total. The first-order valence-corrected chi connectivity index (χ1v) is 11.8. The standard InChI is InChI=1S/C26H23ClN6O4/c1-16-3-5-17(6-4-16)15-32-24(35)22(18-7-9-20(27)10-8-18)21(19-13-28-25(37-2)29-14-19)23-30-31(11-12-34)26(36)33(23)32/h3-10,13-14,34H,11-12,15H2,1-2H3. The number of methoxy groups -OCH3 is 1. The van der Waals surface area contributed by atoms with Crippen LogP contribution in [-0.2, 0) is 13.1 Å². The summed E-state index contributed by atoms with van der Waals surface area (Å²) in [5, 5.41) is 14.6. The summed E-state index contributed by atoms with van der Waals surface area (Å²) in [5.74, 6) is 0. The molecule has 37 heavy (non-hydrogen) atoms. The maximum Gasteiger partial charge on any atom is 0.365 e. The molecule has 0 fully saturated rings. The van der Waals surface area contributed by atoms with Gasteiger partial charge in [0, 0.05) is 28.5 Å². The van der Waals surface area contributed by atoms with Crippen LogP contribution in [0.15, 0.2) is 70.5 Å². The second-order valence-corrected chi connectivity index (χ2v) is 8.86. The summed E-state index contributed by atoms with van der Waals surface area (Å²) in [6.45, 7) is 1.77. The zero-order valence-corrected chi connectivity index (χ0v) is 20.9. The fourth-order valence-electron chi connectivity index (χ4n) is 4.17. The van der Waals surface area contributed by atoms with Crippen LogP contribution in [0.1, 0.15) is 11.1 Å². The zero-order chi connectivity index (χ0) is 26.1. The SMILES string of the molecule is COc1ncc(-c2c(-c3ccc(Cl)cc3)c(=O)n(Cc3ccc(C)cc3)n3c(=O)n(CCO)nc23)cn1. The Labute approximate surface area is 216 Å². The number of fused-ring (bicyclic) bond motifs is 1. The van der Waals surface area contributed by atoms with E-state index in [4.69, 9.17) is 16.3 Å². The maximum absolute atomic E-state index is 14.2. The van der Waals surface area contributed by atoms with E-state index in [1.807, 2.05) is 31.2 Å². The van der Waals surface area contributed by atoms with Crippen LogP contribution in [0.4, 0.5) is 0 Å². The molecule has 5 aromatic rings. The number of rotatable bonds is 7. The summed E-state index contributed by atoms with van der Waals surface area (Å²) in [6, 6.07) is 14.7. The van der Waals surface area contributed by atoms with Gasteiger partial charge in [0.05, 0.1) is 32.4 Å². The van der Waals surface area contributed by atoms with E-state index >= 15 is 0 Å². The Morgan fingerprint density at radius 2 is 1.62 bits per heavy atom. The first-order chi connectivity index (χ1) is 17.9. The van der Waals surface area contributed by atoms with E-state index < -0.39 is 11.2 Å². The van der Waals surface area contributed by atoms with Crippen LogP contribution in [-0.4, -0.2) is 47.8 Å². The molecule has 0 amide bonds. The summed E-state index contributed by atoms with van der Waals surface area (Å²) >= 11 is 6.13. The molecule has 0 aliphatic carbocycles. The summed E-state index contributed by atoms with van der Waals surface area (Å²) in [7, 11) is 1.45. The topological polar surface area (TPSA) is 117 Å². The Bertz CT molecular complexity index is 1690. The van der Waals surface area contributed by atoms with Crippen LogP contribution in [0.2, 0.25) is 5.02 Å². The molecule has 0 saturated heterocycles. The molecule has 188 valence electrons. The predicted molar refractivity (Wildman–Crippen MR) is 139 cm³/mol. The van der Waals surface area contributed by atoms with E-state index in [-0.39, 0.29) is 31.4 Å². The average molecular weight is 519 g/mol. The minimum Gasteiger partial charge on any atom is -0.467 e. The molecular formula is C26H23ClN6O4. The van der Waals surface area contributed by atoms with E-state index in [9.17, 15) is 14.7 Å². The number of nitrogens with zero attached hydrogens (tertiary/aromatic N) is 6. The average Bonchev–Trinajstić information content (AvgIpc) is 3.23. The molecule has 5 rings (SSSR count). The molecule has 0 spiro atoms. The third kappa shape index (κ3) is 4.52. The quantitative estimate of drug-likeness (QED) is 0.352. The summed E-state index contributed by atoms with van der Waals surface area (Å²) in [4.78, 5) is 36.0. The third-order valence-electron chi connectivity index (χ3n) is 5.98.